The van der Waals surface area contributed by atoms with E-state index in [0.29, 0.717) is 12.5 Å². The van der Waals surface area contributed by atoms with Crippen LogP contribution < -0.4 is 10.6 Å². The van der Waals surface area contributed by atoms with Gasteiger partial charge in [0.25, 0.3) is 0 Å². The molecule has 0 spiro atoms. The molecular formula is C18H20N4O. The summed E-state index contributed by atoms with van der Waals surface area (Å²) >= 11 is 0. The van der Waals surface area contributed by atoms with Crippen molar-refractivity contribution in [1.29, 1.82) is 0 Å². The second-order valence-corrected chi connectivity index (χ2v) is 5.59. The quantitative estimate of drug-likeness (QED) is 0.733. The van der Waals surface area contributed by atoms with Crippen LogP contribution in [0.3, 0.4) is 0 Å². The summed E-state index contributed by atoms with van der Waals surface area (Å²) in [6.07, 6.45) is 1.65. The highest BCUT2D eigenvalue weighted by molar-refractivity contribution is 5.62. The molecule has 0 radical (unpaired) electrons. The Morgan fingerprint density at radius 2 is 1.91 bits per heavy atom. The monoisotopic (exact) mass is 308 g/mol. The van der Waals surface area contributed by atoms with Crippen LogP contribution in [0.1, 0.15) is 22.6 Å². The van der Waals surface area contributed by atoms with E-state index in [-0.39, 0.29) is 0 Å². The third-order valence-corrected chi connectivity index (χ3v) is 3.51. The lowest BCUT2D eigenvalue weighted by molar-refractivity contribution is 0.517. The Balaban J connectivity index is 1.78. The van der Waals surface area contributed by atoms with Gasteiger partial charge < -0.3 is 15.1 Å². The fourth-order valence-corrected chi connectivity index (χ4v) is 2.30. The van der Waals surface area contributed by atoms with Gasteiger partial charge in [0.05, 0.1) is 12.8 Å². The van der Waals surface area contributed by atoms with Crippen molar-refractivity contribution in [2.75, 3.05) is 10.6 Å². The zero-order valence-electron chi connectivity index (χ0n) is 13.6. The number of benzene rings is 1. The van der Waals surface area contributed by atoms with Crippen LogP contribution >= 0.6 is 0 Å². The number of aryl methyl sites for hydroxylation is 3. The second kappa shape index (κ2) is 6.52. The topological polar surface area (TPSA) is 63.0 Å². The first kappa shape index (κ1) is 15.1. The van der Waals surface area contributed by atoms with Gasteiger partial charge in [0.1, 0.15) is 11.6 Å². The normalized spacial score (nSPS) is 10.6. The highest BCUT2D eigenvalue weighted by atomic mass is 16.3. The first-order valence-electron chi connectivity index (χ1n) is 7.56. The summed E-state index contributed by atoms with van der Waals surface area (Å²) < 4.78 is 5.31. The van der Waals surface area contributed by atoms with E-state index < -0.39 is 0 Å². The Bertz CT molecular complexity index is 797. The molecule has 5 heteroatoms. The van der Waals surface area contributed by atoms with Crippen LogP contribution in [0.5, 0.6) is 0 Å². The number of nitrogens with zero attached hydrogens (tertiary/aromatic N) is 2. The minimum atomic E-state index is 0.555. The molecule has 0 aliphatic heterocycles. The van der Waals surface area contributed by atoms with E-state index in [1.54, 1.807) is 6.26 Å². The van der Waals surface area contributed by atoms with Crippen molar-refractivity contribution in [2.24, 2.45) is 0 Å². The minimum Gasteiger partial charge on any atom is -0.467 e. The van der Waals surface area contributed by atoms with E-state index in [1.165, 1.54) is 11.1 Å². The largest absolute Gasteiger partial charge is 0.467 e. The third kappa shape index (κ3) is 3.88. The Morgan fingerprint density at radius 3 is 2.70 bits per heavy atom. The molecule has 0 amide bonds. The van der Waals surface area contributed by atoms with E-state index in [0.717, 1.165) is 23.0 Å². The second-order valence-electron chi connectivity index (χ2n) is 5.59. The molecule has 23 heavy (non-hydrogen) atoms. The van der Waals surface area contributed by atoms with Gasteiger partial charge in [-0.15, -0.1) is 0 Å². The summed E-state index contributed by atoms with van der Waals surface area (Å²) in [5.74, 6) is 2.20. The lowest BCUT2D eigenvalue weighted by atomic mass is 10.1. The molecule has 3 aromatic rings. The predicted molar refractivity (Wildman–Crippen MR) is 92.0 cm³/mol. The molecule has 0 saturated carbocycles. The molecule has 0 bridgehead atoms. The SMILES string of the molecule is Cc1ccc(C)c(Nc2cc(C)nc(NCc3ccco3)n2)c1. The van der Waals surface area contributed by atoms with Crippen LogP contribution in [0.15, 0.2) is 47.1 Å². The van der Waals surface area contributed by atoms with Crippen LogP contribution in [0, 0.1) is 20.8 Å². The van der Waals surface area contributed by atoms with Crippen molar-refractivity contribution in [1.82, 2.24) is 9.97 Å². The molecule has 2 N–H and O–H groups in total. The van der Waals surface area contributed by atoms with Gasteiger partial charge in [0.2, 0.25) is 5.95 Å². The number of rotatable bonds is 5. The van der Waals surface area contributed by atoms with Gasteiger partial charge >= 0.3 is 0 Å². The number of furan rings is 1. The Hall–Kier alpha value is -2.82. The van der Waals surface area contributed by atoms with Gasteiger partial charge in [-0.2, -0.15) is 4.98 Å². The molecule has 0 atom stereocenters. The van der Waals surface area contributed by atoms with Crippen LogP contribution in [0.2, 0.25) is 0 Å². The molecule has 1 aromatic carbocycles. The third-order valence-electron chi connectivity index (χ3n) is 3.51. The van der Waals surface area contributed by atoms with Gasteiger partial charge in [0.15, 0.2) is 0 Å². The maximum atomic E-state index is 5.31. The molecule has 0 fully saturated rings. The summed E-state index contributed by atoms with van der Waals surface area (Å²) in [4.78, 5) is 8.94. The number of hydrogen-bond donors (Lipinski definition) is 2. The lowest BCUT2D eigenvalue weighted by Gasteiger charge is -2.12. The highest BCUT2D eigenvalue weighted by Crippen LogP contribution is 2.21. The van der Waals surface area contributed by atoms with Gasteiger partial charge in [-0.25, -0.2) is 4.98 Å². The molecule has 3 rings (SSSR count). The van der Waals surface area contributed by atoms with Crippen LogP contribution in [-0.2, 0) is 6.54 Å². The summed E-state index contributed by atoms with van der Waals surface area (Å²) in [5.41, 5.74) is 4.34. The summed E-state index contributed by atoms with van der Waals surface area (Å²) in [5, 5.41) is 6.56. The average molecular weight is 308 g/mol. The fraction of sp³-hybridized carbons (Fsp3) is 0.222. The van der Waals surface area contributed by atoms with E-state index in [2.05, 4.69) is 52.6 Å². The van der Waals surface area contributed by atoms with Gasteiger partial charge in [-0.05, 0) is 50.1 Å². The zero-order valence-corrected chi connectivity index (χ0v) is 13.6. The summed E-state index contributed by atoms with van der Waals surface area (Å²) in [6.45, 7) is 6.66. The maximum Gasteiger partial charge on any atom is 0.225 e. The van der Waals surface area contributed by atoms with Crippen molar-refractivity contribution >= 4 is 17.5 Å². The van der Waals surface area contributed by atoms with Gasteiger partial charge in [-0.3, -0.25) is 0 Å². The first-order chi connectivity index (χ1) is 11.1. The smallest absolute Gasteiger partial charge is 0.225 e. The number of nitrogens with one attached hydrogen (secondary N) is 2. The van der Waals surface area contributed by atoms with E-state index in [9.17, 15) is 0 Å². The van der Waals surface area contributed by atoms with Gasteiger partial charge in [0, 0.05) is 17.4 Å². The Kier molecular flexibility index (Phi) is 4.28. The molecule has 0 aliphatic rings. The summed E-state index contributed by atoms with van der Waals surface area (Å²) in [6, 6.07) is 12.0. The molecule has 2 heterocycles. The first-order valence-corrected chi connectivity index (χ1v) is 7.56. The lowest BCUT2D eigenvalue weighted by Crippen LogP contribution is -2.06. The van der Waals surface area contributed by atoms with Crippen molar-refractivity contribution in [3.63, 3.8) is 0 Å². The van der Waals surface area contributed by atoms with Crippen molar-refractivity contribution < 1.29 is 4.42 Å². The Morgan fingerprint density at radius 1 is 1.04 bits per heavy atom. The van der Waals surface area contributed by atoms with E-state index >= 15 is 0 Å². The van der Waals surface area contributed by atoms with E-state index in [4.69, 9.17) is 4.42 Å². The maximum absolute atomic E-state index is 5.31. The predicted octanol–water partition coefficient (Wildman–Crippen LogP) is 4.35. The minimum absolute atomic E-state index is 0.555. The Labute approximate surface area is 135 Å². The van der Waals surface area contributed by atoms with Crippen molar-refractivity contribution in [2.45, 2.75) is 27.3 Å². The number of aromatic nitrogens is 2. The van der Waals surface area contributed by atoms with Gasteiger partial charge in [-0.1, -0.05) is 12.1 Å². The number of hydrogen-bond acceptors (Lipinski definition) is 5. The molecule has 0 aliphatic carbocycles. The standard InChI is InChI=1S/C18H20N4O/c1-12-6-7-13(2)16(9-12)21-17-10-14(3)20-18(22-17)19-11-15-5-4-8-23-15/h4-10H,11H2,1-3H3,(H2,19,20,21,22). The van der Waals surface area contributed by atoms with Crippen molar-refractivity contribution in [3.8, 4) is 0 Å². The average Bonchev–Trinajstić information content (AvgIpc) is 3.02. The van der Waals surface area contributed by atoms with Crippen molar-refractivity contribution in [3.05, 3.63) is 65.2 Å². The molecular weight excluding hydrogens is 288 g/mol. The van der Waals surface area contributed by atoms with Crippen LogP contribution in [-0.4, -0.2) is 9.97 Å². The molecule has 118 valence electrons. The fourth-order valence-electron chi connectivity index (χ4n) is 2.30. The molecule has 0 unspecified atom stereocenters. The van der Waals surface area contributed by atoms with E-state index in [1.807, 2.05) is 25.1 Å². The summed E-state index contributed by atoms with van der Waals surface area (Å²) in [7, 11) is 0. The molecule has 5 nitrogen and oxygen atoms in total. The van der Waals surface area contributed by atoms with Crippen LogP contribution in [0.4, 0.5) is 17.5 Å². The highest BCUT2D eigenvalue weighted by Gasteiger charge is 2.05. The number of anilines is 3. The zero-order chi connectivity index (χ0) is 16.2. The molecule has 2 aromatic heterocycles. The van der Waals surface area contributed by atoms with Crippen LogP contribution in [0.25, 0.3) is 0 Å². The molecule has 0 saturated heterocycles.